The number of nitrogens with one attached hydrogen (secondary N) is 2. The molecule has 24 heavy (non-hydrogen) atoms. The Bertz CT molecular complexity index is 565. The Balaban J connectivity index is 2.53. The molecule has 0 aliphatic rings. The maximum Gasteiger partial charge on any atom is 0.303 e. The lowest BCUT2D eigenvalue weighted by molar-refractivity contribution is -0.137. The number of carboxylic acid groups (broad SMARTS) is 1. The van der Waals surface area contributed by atoms with Crippen LogP contribution in [-0.4, -0.2) is 29.6 Å². The number of carboxylic acids is 1. The average molecular weight is 342 g/mol. The average Bonchev–Trinajstić information content (AvgIpc) is 2.50. The van der Waals surface area contributed by atoms with Crippen LogP contribution in [0, 0.1) is 17.6 Å². The molecule has 1 aromatic carbocycles. The van der Waals surface area contributed by atoms with Crippen molar-refractivity contribution < 1.29 is 23.5 Å². The van der Waals surface area contributed by atoms with Crippen molar-refractivity contribution in [3.63, 3.8) is 0 Å². The Hall–Kier alpha value is -2.02. The van der Waals surface area contributed by atoms with Gasteiger partial charge in [0, 0.05) is 13.0 Å². The molecule has 1 atom stereocenters. The molecule has 0 spiro atoms. The van der Waals surface area contributed by atoms with Crippen LogP contribution in [0.25, 0.3) is 0 Å². The van der Waals surface area contributed by atoms with E-state index in [0.29, 0.717) is 24.9 Å². The molecule has 3 N–H and O–H groups in total. The van der Waals surface area contributed by atoms with Crippen molar-refractivity contribution in [3.05, 3.63) is 35.4 Å². The summed E-state index contributed by atoms with van der Waals surface area (Å²) in [6, 6.07) is 3.03. The number of amides is 1. The van der Waals surface area contributed by atoms with Crippen LogP contribution in [0.2, 0.25) is 0 Å². The molecule has 0 saturated heterocycles. The number of halogens is 2. The van der Waals surface area contributed by atoms with Crippen LogP contribution in [0.4, 0.5) is 8.78 Å². The molecule has 0 saturated carbocycles. The number of rotatable bonds is 10. The first kappa shape index (κ1) is 20.0. The summed E-state index contributed by atoms with van der Waals surface area (Å²) in [5.74, 6) is -2.73. The molecule has 1 rings (SSSR count). The van der Waals surface area contributed by atoms with Gasteiger partial charge in [0.05, 0.1) is 6.04 Å². The zero-order chi connectivity index (χ0) is 18.1. The van der Waals surface area contributed by atoms with Crippen LogP contribution >= 0.6 is 0 Å². The Morgan fingerprint density at radius 1 is 1.21 bits per heavy atom. The standard InChI is InChI=1S/C17H24F2N2O3/c1-11(2)8-15(20-7-3-4-16(22)23)17(24)21-10-12-5-6-13(18)14(19)9-12/h5-6,9,11,15,20H,3-4,7-8,10H2,1-2H3,(H,21,24)(H,22,23)/t15-/m0/s1. The van der Waals surface area contributed by atoms with Crippen molar-refractivity contribution in [1.29, 1.82) is 0 Å². The monoisotopic (exact) mass is 342 g/mol. The summed E-state index contributed by atoms with van der Waals surface area (Å²) >= 11 is 0. The van der Waals surface area contributed by atoms with Crippen molar-refractivity contribution in [2.24, 2.45) is 5.92 Å². The Kier molecular flexibility index (Phi) is 8.32. The molecule has 0 unspecified atom stereocenters. The largest absolute Gasteiger partial charge is 0.481 e. The van der Waals surface area contributed by atoms with Gasteiger partial charge in [0.25, 0.3) is 0 Å². The Morgan fingerprint density at radius 3 is 2.50 bits per heavy atom. The van der Waals surface area contributed by atoms with Gasteiger partial charge in [0.1, 0.15) is 0 Å². The summed E-state index contributed by atoms with van der Waals surface area (Å²) in [6.07, 6.45) is 1.06. The maximum atomic E-state index is 13.2. The third-order valence-corrected chi connectivity index (χ3v) is 3.43. The molecule has 0 fully saturated rings. The molecule has 0 radical (unpaired) electrons. The second-order valence-corrected chi connectivity index (χ2v) is 6.10. The van der Waals surface area contributed by atoms with Gasteiger partial charge in [0.2, 0.25) is 5.91 Å². The zero-order valence-electron chi connectivity index (χ0n) is 13.9. The van der Waals surface area contributed by atoms with Gasteiger partial charge in [-0.25, -0.2) is 8.78 Å². The number of hydrogen-bond acceptors (Lipinski definition) is 3. The first-order valence-electron chi connectivity index (χ1n) is 7.96. The van der Waals surface area contributed by atoms with Crippen molar-refractivity contribution in [1.82, 2.24) is 10.6 Å². The normalized spacial score (nSPS) is 12.2. The smallest absolute Gasteiger partial charge is 0.303 e. The van der Waals surface area contributed by atoms with Gasteiger partial charge < -0.3 is 15.7 Å². The van der Waals surface area contributed by atoms with Crippen molar-refractivity contribution >= 4 is 11.9 Å². The van der Waals surface area contributed by atoms with E-state index in [4.69, 9.17) is 5.11 Å². The predicted molar refractivity (Wildman–Crippen MR) is 86.3 cm³/mol. The predicted octanol–water partition coefficient (Wildman–Crippen LogP) is 2.45. The van der Waals surface area contributed by atoms with E-state index in [1.165, 1.54) is 6.07 Å². The molecule has 0 aliphatic heterocycles. The molecule has 0 aromatic heterocycles. The quantitative estimate of drug-likeness (QED) is 0.571. The first-order chi connectivity index (χ1) is 11.3. The van der Waals surface area contributed by atoms with Gasteiger partial charge in [-0.1, -0.05) is 19.9 Å². The number of aliphatic carboxylic acids is 1. The summed E-state index contributed by atoms with van der Waals surface area (Å²) in [6.45, 7) is 4.48. The fraction of sp³-hybridized carbons (Fsp3) is 0.529. The highest BCUT2D eigenvalue weighted by atomic mass is 19.2. The summed E-state index contributed by atoms with van der Waals surface area (Å²) in [4.78, 5) is 22.8. The maximum absolute atomic E-state index is 13.2. The van der Waals surface area contributed by atoms with E-state index in [9.17, 15) is 18.4 Å². The van der Waals surface area contributed by atoms with Gasteiger partial charge in [-0.3, -0.25) is 9.59 Å². The summed E-state index contributed by atoms with van der Waals surface area (Å²) in [5, 5.41) is 14.4. The Labute approximate surface area is 140 Å². The van der Waals surface area contributed by atoms with E-state index in [1.54, 1.807) is 0 Å². The van der Waals surface area contributed by atoms with Crippen LogP contribution in [0.3, 0.4) is 0 Å². The summed E-state index contributed by atoms with van der Waals surface area (Å²) < 4.78 is 26.0. The molecule has 0 aliphatic carbocycles. The lowest BCUT2D eigenvalue weighted by Gasteiger charge is -2.20. The van der Waals surface area contributed by atoms with E-state index >= 15 is 0 Å². The minimum atomic E-state index is -0.952. The highest BCUT2D eigenvalue weighted by molar-refractivity contribution is 5.81. The second-order valence-electron chi connectivity index (χ2n) is 6.10. The van der Waals surface area contributed by atoms with Crippen molar-refractivity contribution in [2.45, 2.75) is 45.7 Å². The van der Waals surface area contributed by atoms with Gasteiger partial charge in [0.15, 0.2) is 11.6 Å². The topological polar surface area (TPSA) is 78.4 Å². The summed E-state index contributed by atoms with van der Waals surface area (Å²) in [7, 11) is 0. The van der Waals surface area contributed by atoms with Crippen molar-refractivity contribution in [3.8, 4) is 0 Å². The number of carbonyl (C=O) groups excluding carboxylic acids is 1. The highest BCUT2D eigenvalue weighted by Crippen LogP contribution is 2.09. The lowest BCUT2D eigenvalue weighted by atomic mass is 10.0. The van der Waals surface area contributed by atoms with Gasteiger partial charge >= 0.3 is 5.97 Å². The van der Waals surface area contributed by atoms with Crippen LogP contribution < -0.4 is 10.6 Å². The van der Waals surface area contributed by atoms with Crippen LogP contribution in [0.5, 0.6) is 0 Å². The molecule has 134 valence electrons. The number of benzene rings is 1. The fourth-order valence-electron chi connectivity index (χ4n) is 2.23. The van der Waals surface area contributed by atoms with E-state index in [-0.39, 0.29) is 24.8 Å². The molecule has 1 aromatic rings. The van der Waals surface area contributed by atoms with E-state index in [2.05, 4.69) is 10.6 Å². The van der Waals surface area contributed by atoms with Crippen LogP contribution in [0.15, 0.2) is 18.2 Å². The number of hydrogen-bond donors (Lipinski definition) is 3. The first-order valence-corrected chi connectivity index (χ1v) is 7.96. The summed E-state index contributed by atoms with van der Waals surface area (Å²) in [5.41, 5.74) is 0.469. The molecule has 7 heteroatoms. The van der Waals surface area contributed by atoms with E-state index < -0.39 is 23.6 Å². The molecule has 1 amide bonds. The van der Waals surface area contributed by atoms with Crippen molar-refractivity contribution in [2.75, 3.05) is 6.54 Å². The van der Waals surface area contributed by atoms with E-state index in [0.717, 1.165) is 12.1 Å². The highest BCUT2D eigenvalue weighted by Gasteiger charge is 2.19. The molecular weight excluding hydrogens is 318 g/mol. The van der Waals surface area contributed by atoms with Gasteiger partial charge in [-0.15, -0.1) is 0 Å². The van der Waals surface area contributed by atoms with Crippen LogP contribution in [-0.2, 0) is 16.1 Å². The SMILES string of the molecule is CC(C)C[C@H](NCCCC(=O)O)C(=O)NCc1ccc(F)c(F)c1. The van der Waals surface area contributed by atoms with Crippen LogP contribution in [0.1, 0.15) is 38.7 Å². The molecular formula is C17H24F2N2O3. The second kappa shape index (κ2) is 9.97. The van der Waals surface area contributed by atoms with E-state index in [1.807, 2.05) is 13.8 Å². The van der Waals surface area contributed by atoms with Gasteiger partial charge in [-0.05, 0) is 43.0 Å². The zero-order valence-corrected chi connectivity index (χ0v) is 13.9. The minimum absolute atomic E-state index is 0.0396. The molecule has 5 nitrogen and oxygen atoms in total. The van der Waals surface area contributed by atoms with Gasteiger partial charge in [-0.2, -0.15) is 0 Å². The molecule has 0 heterocycles. The fourth-order valence-corrected chi connectivity index (χ4v) is 2.23. The lowest BCUT2D eigenvalue weighted by Crippen LogP contribution is -2.45. The minimum Gasteiger partial charge on any atom is -0.481 e. The molecule has 0 bridgehead atoms. The third-order valence-electron chi connectivity index (χ3n) is 3.43. The Morgan fingerprint density at radius 2 is 1.92 bits per heavy atom. The third kappa shape index (κ3) is 7.50. The number of carbonyl (C=O) groups is 2.